The molecule has 0 N–H and O–H groups in total. The second-order valence-electron chi connectivity index (χ2n) is 2.25. The van der Waals surface area contributed by atoms with Crippen LogP contribution in [0, 0.1) is 0 Å². The maximum absolute atomic E-state index is 10.3. The minimum Gasteiger partial charge on any atom is -0.810 e. The maximum Gasteiger partial charge on any atom is 2.00 e. The second-order valence-corrected chi connectivity index (χ2v) is 3.79. The summed E-state index contributed by atoms with van der Waals surface area (Å²) >= 11 is 0. The predicted molar refractivity (Wildman–Crippen MR) is 43.5 cm³/mol. The molecule has 1 rings (SSSR count). The summed E-state index contributed by atoms with van der Waals surface area (Å²) in [6, 6.07) is 8.39. The molecule has 5 heteroatoms. The first kappa shape index (κ1) is 12.9. The third-order valence-corrected chi connectivity index (χ3v) is 1.97. The summed E-state index contributed by atoms with van der Waals surface area (Å²) in [5.74, 6) is 0. The summed E-state index contributed by atoms with van der Waals surface area (Å²) in [7, 11) is -4.39. The smallest absolute Gasteiger partial charge is 0.810 e. The van der Waals surface area contributed by atoms with Gasteiger partial charge in [0, 0.05) is 6.16 Å². The van der Waals surface area contributed by atoms with E-state index in [0.29, 0.717) is 5.56 Å². The van der Waals surface area contributed by atoms with Crippen LogP contribution in [0.5, 0.6) is 0 Å². The molecule has 1 aromatic carbocycles. The second kappa shape index (κ2) is 5.63. The number of benzene rings is 1. The van der Waals surface area contributed by atoms with Crippen molar-refractivity contribution >= 4 is 56.5 Å². The van der Waals surface area contributed by atoms with Crippen molar-refractivity contribution in [2.45, 2.75) is 6.16 Å². The van der Waals surface area contributed by atoms with Crippen molar-refractivity contribution in [3.63, 3.8) is 0 Å². The molecule has 0 fully saturated rings. The van der Waals surface area contributed by atoms with Crippen LogP contribution in [-0.4, -0.2) is 48.9 Å². The Bertz CT molecular complexity index is 269. The monoisotopic (exact) mass is 308 g/mol. The van der Waals surface area contributed by atoms with Crippen molar-refractivity contribution in [2.75, 3.05) is 0 Å². The average molecular weight is 307 g/mol. The van der Waals surface area contributed by atoms with Gasteiger partial charge in [0.15, 0.2) is 0 Å². The zero-order valence-corrected chi connectivity index (χ0v) is 11.8. The Kier molecular flexibility index (Phi) is 6.07. The van der Waals surface area contributed by atoms with Crippen molar-refractivity contribution in [3.05, 3.63) is 35.9 Å². The summed E-state index contributed by atoms with van der Waals surface area (Å²) in [6.45, 7) is 0. The fourth-order valence-corrected chi connectivity index (χ4v) is 1.47. The minimum absolute atomic E-state index is 0. The van der Waals surface area contributed by atoms with E-state index in [1.165, 1.54) is 0 Å². The van der Waals surface area contributed by atoms with Crippen molar-refractivity contribution in [1.82, 2.24) is 0 Å². The maximum atomic E-state index is 10.3. The van der Waals surface area contributed by atoms with Crippen LogP contribution in [0.4, 0.5) is 0 Å². The molecule has 0 saturated carbocycles. The van der Waals surface area contributed by atoms with Gasteiger partial charge in [-0.1, -0.05) is 37.9 Å². The van der Waals surface area contributed by atoms with E-state index in [1.807, 2.05) is 0 Å². The Morgan fingerprint density at radius 1 is 1.17 bits per heavy atom. The third kappa shape index (κ3) is 5.56. The van der Waals surface area contributed by atoms with Gasteiger partial charge < -0.3 is 14.4 Å². The molecule has 60 valence electrons. The molecule has 0 heterocycles. The van der Waals surface area contributed by atoms with Gasteiger partial charge in [-0.2, -0.15) is 0 Å². The molecule has 0 aliphatic heterocycles. The zero-order chi connectivity index (χ0) is 8.32. The van der Waals surface area contributed by atoms with Gasteiger partial charge >= 0.3 is 48.9 Å². The van der Waals surface area contributed by atoms with E-state index < -0.39 is 13.8 Å². The molecule has 0 unspecified atom stereocenters. The molecule has 0 atom stereocenters. The molecule has 3 nitrogen and oxygen atoms in total. The van der Waals surface area contributed by atoms with Crippen LogP contribution in [0.15, 0.2) is 30.3 Å². The molecule has 0 radical (unpaired) electrons. The average Bonchev–Trinajstić information content (AvgIpc) is 1.85. The first-order valence-electron chi connectivity index (χ1n) is 3.13. The van der Waals surface area contributed by atoms with Crippen molar-refractivity contribution in [3.8, 4) is 0 Å². The molecule has 0 bridgehead atoms. The molecular formula is C7H7BaO3P. The van der Waals surface area contributed by atoms with Gasteiger partial charge in [-0.25, -0.2) is 0 Å². The van der Waals surface area contributed by atoms with E-state index in [2.05, 4.69) is 0 Å². The molecule has 1 aromatic rings. The molecule has 0 aromatic heterocycles. The Morgan fingerprint density at radius 3 is 2.08 bits per heavy atom. The Hall–Kier alpha value is 0.941. The van der Waals surface area contributed by atoms with Gasteiger partial charge in [-0.3, -0.25) is 0 Å². The Morgan fingerprint density at radius 2 is 1.67 bits per heavy atom. The van der Waals surface area contributed by atoms with E-state index in [0.717, 1.165) is 0 Å². The molecule has 0 saturated heterocycles. The van der Waals surface area contributed by atoms with Crippen LogP contribution in [0.2, 0.25) is 0 Å². The molecule has 0 spiro atoms. The van der Waals surface area contributed by atoms with Gasteiger partial charge in [0.25, 0.3) is 0 Å². The summed E-state index contributed by atoms with van der Waals surface area (Å²) < 4.78 is 10.3. The molecule has 12 heavy (non-hydrogen) atoms. The van der Waals surface area contributed by atoms with Crippen LogP contribution in [0.25, 0.3) is 0 Å². The number of rotatable bonds is 2. The Labute approximate surface area is 111 Å². The Balaban J connectivity index is 0.00000121. The molecular weight excluding hydrogens is 300 g/mol. The van der Waals surface area contributed by atoms with Gasteiger partial charge in [0.1, 0.15) is 0 Å². The summed E-state index contributed by atoms with van der Waals surface area (Å²) in [5.41, 5.74) is 0.542. The first-order valence-corrected chi connectivity index (χ1v) is 4.86. The number of hydrogen-bond acceptors (Lipinski definition) is 3. The third-order valence-electron chi connectivity index (χ3n) is 1.22. The van der Waals surface area contributed by atoms with E-state index in [1.54, 1.807) is 30.3 Å². The van der Waals surface area contributed by atoms with E-state index in [-0.39, 0.29) is 48.9 Å². The fourth-order valence-electron chi connectivity index (χ4n) is 0.807. The van der Waals surface area contributed by atoms with Gasteiger partial charge in [-0.15, -0.1) is 0 Å². The quantitative estimate of drug-likeness (QED) is 0.558. The van der Waals surface area contributed by atoms with E-state index >= 15 is 0 Å². The normalized spacial score (nSPS) is 10.5. The standard InChI is InChI=1S/C7H9O3P.Ba/c8-11(9,10)6-7-4-2-1-3-5-7;/h1-5H,6H2,(H2,8,9,10);/q;+2/p-2. The molecule has 0 aliphatic rings. The van der Waals surface area contributed by atoms with Gasteiger partial charge in [0.2, 0.25) is 0 Å². The largest absolute Gasteiger partial charge is 2.00 e. The van der Waals surface area contributed by atoms with Crippen molar-refractivity contribution in [1.29, 1.82) is 0 Å². The fraction of sp³-hybridized carbons (Fsp3) is 0.143. The minimum atomic E-state index is -4.39. The topological polar surface area (TPSA) is 63.2 Å². The zero-order valence-electron chi connectivity index (χ0n) is 6.47. The summed E-state index contributed by atoms with van der Waals surface area (Å²) in [4.78, 5) is 20.5. The van der Waals surface area contributed by atoms with Crippen LogP contribution < -0.4 is 9.79 Å². The summed E-state index contributed by atoms with van der Waals surface area (Å²) in [6.07, 6.45) is -0.395. The SMILES string of the molecule is O=P([O-])([O-])Cc1ccccc1.[Ba+2]. The van der Waals surface area contributed by atoms with E-state index in [4.69, 9.17) is 0 Å². The van der Waals surface area contributed by atoms with Crippen LogP contribution in [0.1, 0.15) is 5.56 Å². The van der Waals surface area contributed by atoms with Gasteiger partial charge in [0.05, 0.1) is 0 Å². The number of hydrogen-bond donors (Lipinski definition) is 0. The van der Waals surface area contributed by atoms with Crippen molar-refractivity contribution in [2.24, 2.45) is 0 Å². The molecule has 0 amide bonds. The van der Waals surface area contributed by atoms with Gasteiger partial charge in [-0.05, 0) is 5.56 Å². The van der Waals surface area contributed by atoms with Crippen LogP contribution >= 0.6 is 7.60 Å². The van der Waals surface area contributed by atoms with Crippen LogP contribution in [0.3, 0.4) is 0 Å². The molecule has 0 aliphatic carbocycles. The summed E-state index contributed by atoms with van der Waals surface area (Å²) in [5, 5.41) is 0. The van der Waals surface area contributed by atoms with E-state index in [9.17, 15) is 14.4 Å². The first-order chi connectivity index (χ1) is 5.08. The van der Waals surface area contributed by atoms with Crippen molar-refractivity contribution < 1.29 is 14.4 Å². The predicted octanol–water partition coefficient (Wildman–Crippen LogP) is -0.281. The van der Waals surface area contributed by atoms with Crippen LogP contribution in [-0.2, 0) is 10.7 Å².